The Labute approximate surface area is 120 Å². The van der Waals surface area contributed by atoms with Gasteiger partial charge in [-0.15, -0.1) is 0 Å². The Hall–Kier alpha value is -2.70. The first kappa shape index (κ1) is 13.3. The Morgan fingerprint density at radius 2 is 2.00 bits per heavy atom. The van der Waals surface area contributed by atoms with Crippen LogP contribution in [0.4, 0.5) is 5.69 Å². The number of methoxy groups -OCH3 is 1. The Bertz CT molecular complexity index is 670. The third-order valence-corrected chi connectivity index (χ3v) is 3.78. The standard InChI is InChI=1S/C14H13N3O4/c1-14-9(10(15-16-14)12(19)21-2)11(18)17(13(14)20)8-6-4-3-5-7-8/h3-7,9,16H,1-2H3. The molecular weight excluding hydrogens is 274 g/mol. The minimum Gasteiger partial charge on any atom is -0.464 e. The number of carbonyl (C=O) groups is 3. The van der Waals surface area contributed by atoms with Crippen LogP contribution >= 0.6 is 0 Å². The van der Waals surface area contributed by atoms with Crippen molar-refractivity contribution in [1.82, 2.24) is 5.43 Å². The molecule has 0 radical (unpaired) electrons. The van der Waals surface area contributed by atoms with Gasteiger partial charge in [-0.3, -0.25) is 15.0 Å². The Kier molecular flexibility index (Phi) is 2.79. The molecule has 1 aromatic rings. The second-order valence-corrected chi connectivity index (χ2v) is 5.05. The third-order valence-electron chi connectivity index (χ3n) is 3.78. The highest BCUT2D eigenvalue weighted by molar-refractivity contribution is 6.47. The zero-order valence-electron chi connectivity index (χ0n) is 11.5. The summed E-state index contributed by atoms with van der Waals surface area (Å²) in [5.41, 5.74) is 1.76. The summed E-state index contributed by atoms with van der Waals surface area (Å²) >= 11 is 0. The number of benzene rings is 1. The van der Waals surface area contributed by atoms with E-state index in [0.717, 1.165) is 4.90 Å². The fourth-order valence-electron chi connectivity index (χ4n) is 2.67. The molecule has 1 N–H and O–H groups in total. The van der Waals surface area contributed by atoms with Crippen LogP contribution in [-0.4, -0.2) is 36.1 Å². The number of para-hydroxylation sites is 1. The molecule has 1 aromatic carbocycles. The number of ether oxygens (including phenoxy) is 1. The van der Waals surface area contributed by atoms with E-state index < -0.39 is 29.2 Å². The van der Waals surface area contributed by atoms with Gasteiger partial charge in [-0.05, 0) is 19.1 Å². The van der Waals surface area contributed by atoms with Crippen molar-refractivity contribution >= 4 is 29.2 Å². The molecule has 1 saturated heterocycles. The van der Waals surface area contributed by atoms with Gasteiger partial charge in [0.05, 0.1) is 12.8 Å². The largest absolute Gasteiger partial charge is 0.464 e. The molecule has 21 heavy (non-hydrogen) atoms. The highest BCUT2D eigenvalue weighted by atomic mass is 16.5. The van der Waals surface area contributed by atoms with Gasteiger partial charge in [0.25, 0.3) is 5.91 Å². The van der Waals surface area contributed by atoms with Crippen LogP contribution in [0.2, 0.25) is 0 Å². The first-order chi connectivity index (χ1) is 10.0. The van der Waals surface area contributed by atoms with E-state index in [0.29, 0.717) is 5.69 Å². The quantitative estimate of drug-likeness (QED) is 0.614. The van der Waals surface area contributed by atoms with Gasteiger partial charge in [0.1, 0.15) is 11.5 Å². The monoisotopic (exact) mass is 287 g/mol. The van der Waals surface area contributed by atoms with Gasteiger partial charge < -0.3 is 4.74 Å². The first-order valence-corrected chi connectivity index (χ1v) is 6.37. The molecule has 7 heteroatoms. The number of nitrogens with one attached hydrogen (secondary N) is 1. The van der Waals surface area contributed by atoms with Gasteiger partial charge >= 0.3 is 5.97 Å². The van der Waals surface area contributed by atoms with Crippen LogP contribution in [0, 0.1) is 5.92 Å². The summed E-state index contributed by atoms with van der Waals surface area (Å²) in [6.07, 6.45) is 0. The van der Waals surface area contributed by atoms with Crippen molar-refractivity contribution < 1.29 is 19.1 Å². The average molecular weight is 287 g/mol. The highest BCUT2D eigenvalue weighted by Crippen LogP contribution is 2.37. The van der Waals surface area contributed by atoms with Gasteiger partial charge in [-0.25, -0.2) is 9.69 Å². The molecule has 3 rings (SSSR count). The fraction of sp³-hybridized carbons (Fsp3) is 0.286. The van der Waals surface area contributed by atoms with E-state index >= 15 is 0 Å². The molecule has 2 unspecified atom stereocenters. The highest BCUT2D eigenvalue weighted by Gasteiger charge is 2.63. The normalized spacial score (nSPS) is 27.2. The van der Waals surface area contributed by atoms with Crippen molar-refractivity contribution in [2.75, 3.05) is 12.0 Å². The predicted octanol–water partition coefficient (Wildman–Crippen LogP) is 0.0669. The van der Waals surface area contributed by atoms with E-state index in [2.05, 4.69) is 15.3 Å². The number of esters is 1. The third kappa shape index (κ3) is 1.67. The van der Waals surface area contributed by atoms with E-state index in [9.17, 15) is 14.4 Å². The summed E-state index contributed by atoms with van der Waals surface area (Å²) in [5, 5.41) is 3.82. The molecule has 108 valence electrons. The number of hydrazone groups is 1. The fourth-order valence-corrected chi connectivity index (χ4v) is 2.67. The molecule has 7 nitrogen and oxygen atoms in total. The van der Waals surface area contributed by atoms with Gasteiger partial charge in [-0.1, -0.05) is 18.2 Å². The van der Waals surface area contributed by atoms with E-state index in [1.807, 2.05) is 0 Å². The van der Waals surface area contributed by atoms with Crippen molar-refractivity contribution in [1.29, 1.82) is 0 Å². The zero-order chi connectivity index (χ0) is 15.2. The van der Waals surface area contributed by atoms with Crippen LogP contribution in [0.5, 0.6) is 0 Å². The molecule has 1 fully saturated rings. The summed E-state index contributed by atoms with van der Waals surface area (Å²) in [7, 11) is 1.21. The van der Waals surface area contributed by atoms with Crippen LogP contribution in [0.3, 0.4) is 0 Å². The second kappa shape index (κ2) is 4.41. The number of imide groups is 1. The lowest BCUT2D eigenvalue weighted by Gasteiger charge is -2.20. The summed E-state index contributed by atoms with van der Waals surface area (Å²) < 4.78 is 4.62. The molecule has 2 heterocycles. The Morgan fingerprint density at radius 1 is 1.33 bits per heavy atom. The number of rotatable bonds is 2. The average Bonchev–Trinajstić information content (AvgIpc) is 2.94. The number of anilines is 1. The van der Waals surface area contributed by atoms with Gasteiger partial charge in [-0.2, -0.15) is 5.10 Å². The van der Waals surface area contributed by atoms with Crippen LogP contribution in [-0.2, 0) is 19.1 Å². The van der Waals surface area contributed by atoms with Crippen LogP contribution in [0.15, 0.2) is 35.4 Å². The van der Waals surface area contributed by atoms with Crippen molar-refractivity contribution in [2.45, 2.75) is 12.5 Å². The Balaban J connectivity index is 2.04. The number of nitrogens with zero attached hydrogens (tertiary/aromatic N) is 2. The second-order valence-electron chi connectivity index (χ2n) is 5.05. The molecule has 0 aliphatic carbocycles. The number of fused-ring (bicyclic) bond motifs is 1. The molecular formula is C14H13N3O4. The van der Waals surface area contributed by atoms with Gasteiger partial charge in [0.2, 0.25) is 5.91 Å². The maximum absolute atomic E-state index is 12.6. The van der Waals surface area contributed by atoms with Crippen LogP contribution < -0.4 is 10.3 Å². The summed E-state index contributed by atoms with van der Waals surface area (Å²) in [6.45, 7) is 1.56. The van der Waals surface area contributed by atoms with E-state index in [-0.39, 0.29) is 5.71 Å². The van der Waals surface area contributed by atoms with E-state index in [1.165, 1.54) is 7.11 Å². The van der Waals surface area contributed by atoms with Crippen molar-refractivity contribution in [2.24, 2.45) is 11.0 Å². The molecule has 2 aliphatic rings. The SMILES string of the molecule is COC(=O)C1=NNC2(C)C(=O)N(c3ccccc3)C(=O)C12. The van der Waals surface area contributed by atoms with E-state index in [4.69, 9.17) is 0 Å². The minimum absolute atomic E-state index is 0.0724. The first-order valence-electron chi connectivity index (χ1n) is 6.37. The summed E-state index contributed by atoms with van der Waals surface area (Å²) in [5.74, 6) is -2.61. The zero-order valence-corrected chi connectivity index (χ0v) is 11.5. The smallest absolute Gasteiger partial charge is 0.355 e. The molecule has 0 saturated carbocycles. The lowest BCUT2D eigenvalue weighted by atomic mass is 9.86. The summed E-state index contributed by atoms with van der Waals surface area (Å²) in [6, 6.07) is 8.57. The van der Waals surface area contributed by atoms with Crippen molar-refractivity contribution in [3.8, 4) is 0 Å². The maximum atomic E-state index is 12.6. The number of hydrogen-bond acceptors (Lipinski definition) is 6. The van der Waals surface area contributed by atoms with Crippen LogP contribution in [0.1, 0.15) is 6.92 Å². The van der Waals surface area contributed by atoms with Crippen molar-refractivity contribution in [3.05, 3.63) is 30.3 Å². The van der Waals surface area contributed by atoms with Crippen molar-refractivity contribution in [3.63, 3.8) is 0 Å². The molecule has 0 bridgehead atoms. The van der Waals surface area contributed by atoms with E-state index in [1.54, 1.807) is 37.3 Å². The minimum atomic E-state index is -1.25. The molecule has 0 spiro atoms. The number of carbonyl (C=O) groups excluding carboxylic acids is 3. The molecule has 2 aliphatic heterocycles. The van der Waals surface area contributed by atoms with Gasteiger partial charge in [0, 0.05) is 0 Å². The number of hydrogen-bond donors (Lipinski definition) is 1. The van der Waals surface area contributed by atoms with Crippen LogP contribution in [0.25, 0.3) is 0 Å². The predicted molar refractivity (Wildman–Crippen MR) is 73.4 cm³/mol. The lowest BCUT2D eigenvalue weighted by Crippen LogP contribution is -2.48. The number of amides is 2. The summed E-state index contributed by atoms with van der Waals surface area (Å²) in [4.78, 5) is 38.0. The topological polar surface area (TPSA) is 88.1 Å². The lowest BCUT2D eigenvalue weighted by molar-refractivity contribution is -0.133. The molecule has 2 amide bonds. The Morgan fingerprint density at radius 3 is 2.62 bits per heavy atom. The molecule has 2 atom stereocenters. The molecule has 0 aromatic heterocycles. The van der Waals surface area contributed by atoms with Gasteiger partial charge in [0.15, 0.2) is 5.71 Å². The maximum Gasteiger partial charge on any atom is 0.355 e.